The van der Waals surface area contributed by atoms with E-state index in [9.17, 15) is 15.0 Å². The third-order valence-corrected chi connectivity index (χ3v) is 4.31. The maximum Gasteiger partial charge on any atom is 0.410 e. The number of amides is 1. The predicted molar refractivity (Wildman–Crippen MR) is 84.4 cm³/mol. The van der Waals surface area contributed by atoms with E-state index in [-0.39, 0.29) is 29.6 Å². The molecule has 4 atom stereocenters. The average Bonchev–Trinajstić information content (AvgIpc) is 2.37. The van der Waals surface area contributed by atoms with Crippen molar-refractivity contribution < 1.29 is 19.7 Å². The normalized spacial score (nSPS) is 32.6. The summed E-state index contributed by atoms with van der Waals surface area (Å²) >= 11 is 0. The number of nitrogens with zero attached hydrogens (tertiary/aromatic N) is 1. The van der Waals surface area contributed by atoms with E-state index in [4.69, 9.17) is 4.74 Å². The average molecular weight is 309 g/mol. The molecule has 5 nitrogen and oxygen atoms in total. The Kier molecular flexibility index (Phi) is 4.85. The number of likely N-dealkylation sites (tertiary alicyclic amines) is 1. The van der Waals surface area contributed by atoms with Gasteiger partial charge in [-0.15, -0.1) is 0 Å². The molecule has 0 bridgehead atoms. The van der Waals surface area contributed by atoms with Gasteiger partial charge in [-0.25, -0.2) is 4.79 Å². The summed E-state index contributed by atoms with van der Waals surface area (Å²) in [5, 5.41) is 20.0. The first-order chi connectivity index (χ1) is 10.2. The molecule has 0 aromatic heterocycles. The van der Waals surface area contributed by atoms with Gasteiger partial charge in [-0.1, -0.05) is 13.0 Å². The molecule has 0 spiro atoms. The molecule has 0 aromatic rings. The topological polar surface area (TPSA) is 70.0 Å². The molecule has 1 aliphatic heterocycles. The highest BCUT2D eigenvalue weighted by atomic mass is 16.6. The van der Waals surface area contributed by atoms with Crippen LogP contribution in [0.2, 0.25) is 0 Å². The number of carbonyl (C=O) groups is 1. The van der Waals surface area contributed by atoms with Crippen LogP contribution in [0.4, 0.5) is 4.79 Å². The summed E-state index contributed by atoms with van der Waals surface area (Å²) in [4.78, 5) is 13.7. The fraction of sp³-hybridized carbons (Fsp3) is 0.706. The molecule has 1 heterocycles. The second kappa shape index (κ2) is 6.32. The molecule has 0 radical (unpaired) electrons. The van der Waals surface area contributed by atoms with Gasteiger partial charge in [0.15, 0.2) is 0 Å². The molecule has 1 saturated heterocycles. The maximum atomic E-state index is 12.1. The Hall–Kier alpha value is -1.49. The van der Waals surface area contributed by atoms with Gasteiger partial charge in [0, 0.05) is 6.54 Å². The summed E-state index contributed by atoms with van der Waals surface area (Å²) in [5.41, 5.74) is -0.526. The van der Waals surface area contributed by atoms with Crippen molar-refractivity contribution in [3.63, 3.8) is 0 Å². The zero-order valence-electron chi connectivity index (χ0n) is 13.8. The zero-order chi connectivity index (χ0) is 16.5. The SMILES string of the molecule is CC1C=C(O)C=CC1[C@@H]1CCN(C(=O)OC(C)(C)C)C[C@H]1O. The number of β-amino-alcohol motifs (C(OH)–C–C–N with tert-alkyl or cyclic N) is 1. The Morgan fingerprint density at radius 3 is 2.64 bits per heavy atom. The highest BCUT2D eigenvalue weighted by Gasteiger charge is 2.37. The zero-order valence-corrected chi connectivity index (χ0v) is 13.8. The lowest BCUT2D eigenvalue weighted by atomic mass is 9.74. The number of hydrogen-bond donors (Lipinski definition) is 2. The Labute approximate surface area is 132 Å². The molecule has 1 aliphatic carbocycles. The van der Waals surface area contributed by atoms with Crippen LogP contribution in [0.5, 0.6) is 0 Å². The van der Waals surface area contributed by atoms with Crippen LogP contribution in [0.1, 0.15) is 34.1 Å². The minimum Gasteiger partial charge on any atom is -0.508 e. The first-order valence-corrected chi connectivity index (χ1v) is 7.92. The van der Waals surface area contributed by atoms with Gasteiger partial charge in [0.05, 0.1) is 12.6 Å². The van der Waals surface area contributed by atoms with Crippen LogP contribution >= 0.6 is 0 Å². The van der Waals surface area contributed by atoms with Gasteiger partial charge in [0.25, 0.3) is 0 Å². The van der Waals surface area contributed by atoms with Crippen LogP contribution in [0, 0.1) is 17.8 Å². The standard InChI is InChI=1S/C17H27NO4/c1-11-9-12(19)5-6-13(11)14-7-8-18(10-15(14)20)16(21)22-17(2,3)4/h5-6,9,11,13-15,19-20H,7-8,10H2,1-4H3/t11?,13?,14-,15+/m0/s1. The largest absolute Gasteiger partial charge is 0.508 e. The lowest BCUT2D eigenvalue weighted by Gasteiger charge is -2.41. The van der Waals surface area contributed by atoms with Crippen LogP contribution in [0.3, 0.4) is 0 Å². The highest BCUT2D eigenvalue weighted by molar-refractivity contribution is 5.68. The molecule has 0 aromatic carbocycles. The maximum absolute atomic E-state index is 12.1. The quantitative estimate of drug-likeness (QED) is 0.781. The van der Waals surface area contributed by atoms with Crippen molar-refractivity contribution >= 4 is 6.09 Å². The summed E-state index contributed by atoms with van der Waals surface area (Å²) in [5.74, 6) is 0.739. The molecular weight excluding hydrogens is 282 g/mol. The second-order valence-electron chi connectivity index (χ2n) is 7.33. The van der Waals surface area contributed by atoms with Crippen LogP contribution < -0.4 is 0 Å². The van der Waals surface area contributed by atoms with Crippen LogP contribution in [0.15, 0.2) is 24.0 Å². The smallest absolute Gasteiger partial charge is 0.410 e. The van der Waals surface area contributed by atoms with Gasteiger partial charge in [0.1, 0.15) is 11.4 Å². The lowest BCUT2D eigenvalue weighted by molar-refractivity contribution is -0.0236. The number of ether oxygens (including phenoxy) is 1. The lowest BCUT2D eigenvalue weighted by Crippen LogP contribution is -2.50. The van der Waals surface area contributed by atoms with Crippen molar-refractivity contribution in [3.05, 3.63) is 24.0 Å². The van der Waals surface area contributed by atoms with Crippen molar-refractivity contribution in [1.29, 1.82) is 0 Å². The van der Waals surface area contributed by atoms with E-state index in [1.807, 2.05) is 39.8 Å². The molecular formula is C17H27NO4. The van der Waals surface area contributed by atoms with Gasteiger partial charge in [-0.3, -0.25) is 0 Å². The van der Waals surface area contributed by atoms with Crippen molar-refractivity contribution in [3.8, 4) is 0 Å². The van der Waals surface area contributed by atoms with E-state index < -0.39 is 11.7 Å². The predicted octanol–water partition coefficient (Wildman–Crippen LogP) is 2.87. The van der Waals surface area contributed by atoms with Crippen molar-refractivity contribution in [2.75, 3.05) is 13.1 Å². The molecule has 5 heteroatoms. The number of aliphatic hydroxyl groups is 2. The number of allylic oxidation sites excluding steroid dienone is 3. The first kappa shape index (κ1) is 16.9. The number of aliphatic hydroxyl groups excluding tert-OH is 2. The van der Waals surface area contributed by atoms with Gasteiger partial charge in [0.2, 0.25) is 0 Å². The molecule has 2 N–H and O–H groups in total. The monoisotopic (exact) mass is 309 g/mol. The summed E-state index contributed by atoms with van der Waals surface area (Å²) in [6.07, 6.45) is 5.27. The Balaban J connectivity index is 1.96. The van der Waals surface area contributed by atoms with Gasteiger partial charge >= 0.3 is 6.09 Å². The molecule has 1 fully saturated rings. The van der Waals surface area contributed by atoms with Crippen LogP contribution in [-0.2, 0) is 4.74 Å². The first-order valence-electron chi connectivity index (χ1n) is 7.92. The Morgan fingerprint density at radius 1 is 1.41 bits per heavy atom. The highest BCUT2D eigenvalue weighted by Crippen LogP contribution is 2.35. The van der Waals surface area contributed by atoms with E-state index >= 15 is 0 Å². The number of rotatable bonds is 1. The van der Waals surface area contributed by atoms with Crippen LogP contribution in [0.25, 0.3) is 0 Å². The van der Waals surface area contributed by atoms with Crippen molar-refractivity contribution in [1.82, 2.24) is 4.90 Å². The molecule has 0 saturated carbocycles. The van der Waals surface area contributed by atoms with E-state index in [0.29, 0.717) is 13.1 Å². The van der Waals surface area contributed by atoms with E-state index in [1.165, 1.54) is 0 Å². The summed E-state index contributed by atoms with van der Waals surface area (Å²) in [6.45, 7) is 8.43. The van der Waals surface area contributed by atoms with Crippen molar-refractivity contribution in [2.24, 2.45) is 17.8 Å². The molecule has 2 aliphatic rings. The van der Waals surface area contributed by atoms with E-state index in [0.717, 1.165) is 6.42 Å². The van der Waals surface area contributed by atoms with Crippen LogP contribution in [-0.4, -0.2) is 46.0 Å². The Morgan fingerprint density at radius 2 is 2.09 bits per heavy atom. The minimum atomic E-state index is -0.577. The summed E-state index contributed by atoms with van der Waals surface area (Å²) < 4.78 is 5.36. The molecule has 2 unspecified atom stereocenters. The summed E-state index contributed by atoms with van der Waals surface area (Å²) in [7, 11) is 0. The van der Waals surface area contributed by atoms with E-state index in [2.05, 4.69) is 0 Å². The fourth-order valence-corrected chi connectivity index (χ4v) is 3.24. The molecule has 124 valence electrons. The van der Waals surface area contributed by atoms with E-state index in [1.54, 1.807) is 11.0 Å². The minimum absolute atomic E-state index is 0.0919. The Bertz CT molecular complexity index is 478. The second-order valence-corrected chi connectivity index (χ2v) is 7.33. The molecule has 2 rings (SSSR count). The fourth-order valence-electron chi connectivity index (χ4n) is 3.24. The summed E-state index contributed by atoms with van der Waals surface area (Å²) in [6, 6.07) is 0. The number of carbonyl (C=O) groups excluding carboxylic acids is 1. The third-order valence-electron chi connectivity index (χ3n) is 4.31. The molecule has 22 heavy (non-hydrogen) atoms. The van der Waals surface area contributed by atoms with Gasteiger partial charge in [-0.05, 0) is 57.1 Å². The third kappa shape index (κ3) is 4.03. The van der Waals surface area contributed by atoms with Crippen molar-refractivity contribution in [2.45, 2.75) is 45.8 Å². The van der Waals surface area contributed by atoms with Gasteiger partial charge in [-0.2, -0.15) is 0 Å². The molecule has 1 amide bonds. The number of hydrogen-bond acceptors (Lipinski definition) is 4. The number of piperidine rings is 1. The van der Waals surface area contributed by atoms with Gasteiger partial charge < -0.3 is 19.8 Å².